The zero-order valence-electron chi connectivity index (χ0n) is 18.5. The quantitative estimate of drug-likeness (QED) is 0.439. The topological polar surface area (TPSA) is 77.3 Å². The molecule has 2 aromatic heterocycles. The summed E-state index contributed by atoms with van der Waals surface area (Å²) in [4.78, 5) is 30.1. The minimum atomic E-state index is -0.311. The normalized spacial score (nSPS) is 17.6. The smallest absolute Gasteiger partial charge is 0.279 e. The second kappa shape index (κ2) is 8.53. The minimum Gasteiger partial charge on any atom is -0.369 e. The number of rotatable bonds is 5. The summed E-state index contributed by atoms with van der Waals surface area (Å²) in [5.74, 6) is -0.269. The second-order valence-corrected chi connectivity index (χ2v) is 9.49. The van der Waals surface area contributed by atoms with Crippen LogP contribution in [0.2, 0.25) is 0 Å². The first-order valence-corrected chi connectivity index (χ1v) is 11.8. The molecule has 33 heavy (non-hydrogen) atoms. The molecule has 0 radical (unpaired) electrons. The highest BCUT2D eigenvalue weighted by atomic mass is 32.1. The van der Waals surface area contributed by atoms with Crippen LogP contribution in [0.5, 0.6) is 0 Å². The van der Waals surface area contributed by atoms with E-state index in [1.165, 1.54) is 16.0 Å². The van der Waals surface area contributed by atoms with E-state index >= 15 is 0 Å². The molecular weight excluding hydrogens is 436 g/mol. The van der Waals surface area contributed by atoms with Crippen molar-refractivity contribution in [3.8, 4) is 0 Å². The van der Waals surface area contributed by atoms with Crippen molar-refractivity contribution in [2.45, 2.75) is 45.4 Å². The average molecular weight is 461 g/mol. The van der Waals surface area contributed by atoms with Gasteiger partial charge in [-0.25, -0.2) is 4.68 Å². The summed E-state index contributed by atoms with van der Waals surface area (Å²) >= 11 is 1.45. The van der Waals surface area contributed by atoms with Gasteiger partial charge in [0.2, 0.25) is 0 Å². The number of thiophene rings is 1. The molecule has 168 valence electrons. The van der Waals surface area contributed by atoms with Crippen molar-refractivity contribution in [2.75, 3.05) is 4.90 Å². The van der Waals surface area contributed by atoms with E-state index in [2.05, 4.69) is 24.2 Å². The Morgan fingerprint density at radius 2 is 1.76 bits per heavy atom. The van der Waals surface area contributed by atoms with Gasteiger partial charge in [0.25, 0.3) is 11.5 Å². The number of carbonyl (C=O) groups excluding carboxylic acids is 1. The molecule has 0 N–H and O–H groups in total. The van der Waals surface area contributed by atoms with Crippen LogP contribution in [0.4, 0.5) is 11.4 Å². The van der Waals surface area contributed by atoms with E-state index in [9.17, 15) is 9.59 Å². The highest BCUT2D eigenvalue weighted by Crippen LogP contribution is 2.38. The molecule has 4 aromatic rings. The van der Waals surface area contributed by atoms with Crippen LogP contribution in [0, 0.1) is 0 Å². The largest absolute Gasteiger partial charge is 0.369 e. The minimum absolute atomic E-state index is 0.211. The molecule has 3 heterocycles. The van der Waals surface area contributed by atoms with Gasteiger partial charge in [0, 0.05) is 22.7 Å². The van der Waals surface area contributed by atoms with E-state index in [0.717, 1.165) is 28.2 Å². The molecule has 0 fully saturated rings. The summed E-state index contributed by atoms with van der Waals surface area (Å²) in [5, 5.41) is 8.94. The van der Waals surface area contributed by atoms with Gasteiger partial charge in [-0.2, -0.15) is 0 Å². The number of amides is 1. The predicted molar refractivity (Wildman–Crippen MR) is 129 cm³/mol. The van der Waals surface area contributed by atoms with E-state index in [1.807, 2.05) is 60.7 Å². The molecule has 5 rings (SSSR count). The average Bonchev–Trinajstić information content (AvgIpc) is 3.20. The lowest BCUT2D eigenvalue weighted by atomic mass is 9.90. The van der Waals surface area contributed by atoms with Crippen LogP contribution < -0.4 is 10.5 Å². The molecular formula is C25H24N4O3S. The Morgan fingerprint density at radius 3 is 2.36 bits per heavy atom. The predicted octanol–water partition coefficient (Wildman–Crippen LogP) is 4.46. The zero-order valence-corrected chi connectivity index (χ0v) is 19.3. The Balaban J connectivity index is 1.53. The van der Waals surface area contributed by atoms with Gasteiger partial charge in [-0.15, -0.1) is 16.4 Å². The van der Waals surface area contributed by atoms with Crippen molar-refractivity contribution in [1.82, 2.24) is 15.0 Å². The number of fused-ring (bicyclic) bond motifs is 3. The Bertz CT molecular complexity index is 1330. The molecule has 0 saturated heterocycles. The van der Waals surface area contributed by atoms with Gasteiger partial charge < -0.3 is 4.74 Å². The summed E-state index contributed by atoms with van der Waals surface area (Å²) in [7, 11) is 0. The van der Waals surface area contributed by atoms with Crippen LogP contribution in [0.15, 0.2) is 65.5 Å². The Kier molecular flexibility index (Phi) is 5.55. The standard InChI is InChI=1S/C25H24N4O3S/c1-3-25(2)14-19-20(16-32-25)33-23-22(19)24(31)28(27-26-23)15-21(30)29(17-10-6-4-7-11-17)18-12-8-5-9-13-18/h4-13H,3,14-16H2,1-2H3/t25-/m1/s1. The summed E-state index contributed by atoms with van der Waals surface area (Å²) in [5.41, 5.74) is 1.83. The lowest BCUT2D eigenvalue weighted by Gasteiger charge is -2.32. The molecule has 0 unspecified atom stereocenters. The summed E-state index contributed by atoms with van der Waals surface area (Å²) < 4.78 is 7.20. The molecule has 2 aromatic carbocycles. The molecule has 8 heteroatoms. The van der Waals surface area contributed by atoms with Gasteiger partial charge in [0.15, 0.2) is 4.83 Å². The third-order valence-electron chi connectivity index (χ3n) is 6.18. The molecule has 1 amide bonds. The zero-order chi connectivity index (χ0) is 23.0. The van der Waals surface area contributed by atoms with Crippen molar-refractivity contribution in [3.05, 3.63) is 81.5 Å². The maximum absolute atomic E-state index is 13.5. The number of anilines is 2. The maximum Gasteiger partial charge on any atom is 0.279 e. The highest BCUT2D eigenvalue weighted by molar-refractivity contribution is 7.18. The van der Waals surface area contributed by atoms with Crippen LogP contribution in [0.1, 0.15) is 30.7 Å². The number of para-hydroxylation sites is 2. The fourth-order valence-electron chi connectivity index (χ4n) is 4.14. The van der Waals surface area contributed by atoms with Crippen molar-refractivity contribution in [1.29, 1.82) is 0 Å². The van der Waals surface area contributed by atoms with Gasteiger partial charge in [-0.1, -0.05) is 48.5 Å². The first kappa shape index (κ1) is 21.5. The number of hydrogen-bond donors (Lipinski definition) is 0. The lowest BCUT2D eigenvalue weighted by Crippen LogP contribution is -2.36. The Hall–Kier alpha value is -3.36. The van der Waals surface area contributed by atoms with Gasteiger partial charge in [0.05, 0.1) is 17.6 Å². The van der Waals surface area contributed by atoms with Gasteiger partial charge in [0.1, 0.15) is 6.54 Å². The SMILES string of the molecule is CC[C@]1(C)Cc2c(sc3nnn(CC(=O)N(c4ccccc4)c4ccccc4)c(=O)c23)CO1. The van der Waals surface area contributed by atoms with E-state index in [4.69, 9.17) is 4.74 Å². The fraction of sp³-hybridized carbons (Fsp3) is 0.280. The second-order valence-electron chi connectivity index (χ2n) is 8.41. The molecule has 1 atom stereocenters. The third-order valence-corrected chi connectivity index (χ3v) is 7.27. The van der Waals surface area contributed by atoms with Gasteiger partial charge >= 0.3 is 0 Å². The number of carbonyl (C=O) groups is 1. The van der Waals surface area contributed by atoms with Crippen LogP contribution in [0.25, 0.3) is 10.2 Å². The van der Waals surface area contributed by atoms with Crippen molar-refractivity contribution >= 4 is 38.8 Å². The Labute approximate surface area is 195 Å². The number of hydrogen-bond acceptors (Lipinski definition) is 6. The molecule has 1 aliphatic rings. The van der Waals surface area contributed by atoms with Crippen molar-refractivity contribution in [3.63, 3.8) is 0 Å². The number of ether oxygens (including phenoxy) is 1. The number of benzene rings is 2. The molecule has 0 aliphatic carbocycles. The first-order chi connectivity index (χ1) is 16.0. The third kappa shape index (κ3) is 3.96. The van der Waals surface area contributed by atoms with Gasteiger partial charge in [-0.3, -0.25) is 14.5 Å². The van der Waals surface area contributed by atoms with Crippen LogP contribution in [-0.4, -0.2) is 26.5 Å². The molecule has 0 spiro atoms. The monoisotopic (exact) mass is 460 g/mol. The molecule has 1 aliphatic heterocycles. The van der Waals surface area contributed by atoms with Crippen LogP contribution in [0.3, 0.4) is 0 Å². The Morgan fingerprint density at radius 1 is 1.12 bits per heavy atom. The lowest BCUT2D eigenvalue weighted by molar-refractivity contribution is -0.118. The summed E-state index contributed by atoms with van der Waals surface area (Å²) in [6.07, 6.45) is 1.49. The summed E-state index contributed by atoms with van der Waals surface area (Å²) in [6, 6.07) is 18.8. The van der Waals surface area contributed by atoms with Crippen molar-refractivity contribution < 1.29 is 9.53 Å². The van der Waals surface area contributed by atoms with Crippen LogP contribution in [-0.2, 0) is 29.1 Å². The number of nitrogens with zero attached hydrogens (tertiary/aromatic N) is 4. The van der Waals surface area contributed by atoms with E-state index in [-0.39, 0.29) is 23.6 Å². The summed E-state index contributed by atoms with van der Waals surface area (Å²) in [6.45, 7) is 4.40. The maximum atomic E-state index is 13.5. The van der Waals surface area contributed by atoms with E-state index < -0.39 is 0 Å². The van der Waals surface area contributed by atoms with Crippen LogP contribution >= 0.6 is 11.3 Å². The molecule has 0 bridgehead atoms. The van der Waals surface area contributed by atoms with Gasteiger partial charge in [-0.05, 0) is 43.2 Å². The van der Waals surface area contributed by atoms with E-state index in [0.29, 0.717) is 23.2 Å². The first-order valence-electron chi connectivity index (χ1n) is 10.9. The fourth-order valence-corrected chi connectivity index (χ4v) is 5.18. The molecule has 7 nitrogen and oxygen atoms in total. The molecule has 0 saturated carbocycles. The van der Waals surface area contributed by atoms with E-state index in [1.54, 1.807) is 4.90 Å². The highest BCUT2D eigenvalue weighted by Gasteiger charge is 2.33. The van der Waals surface area contributed by atoms with Crippen molar-refractivity contribution in [2.24, 2.45) is 0 Å². The number of aromatic nitrogens is 3.